The summed E-state index contributed by atoms with van der Waals surface area (Å²) in [4.78, 5) is 30.6. The van der Waals surface area contributed by atoms with Gasteiger partial charge in [-0.2, -0.15) is 0 Å². The number of halogens is 1. The van der Waals surface area contributed by atoms with E-state index >= 15 is 0 Å². The minimum atomic E-state index is -0.654. The predicted molar refractivity (Wildman–Crippen MR) is 123 cm³/mol. The molecule has 1 aromatic heterocycles. The van der Waals surface area contributed by atoms with Crippen LogP contribution in [0.2, 0.25) is 5.02 Å². The van der Waals surface area contributed by atoms with Gasteiger partial charge in [0.25, 0.3) is 5.91 Å². The maximum Gasteiger partial charge on any atom is 0.290 e. The molecule has 0 bridgehead atoms. The Hall–Kier alpha value is -3.03. The summed E-state index contributed by atoms with van der Waals surface area (Å²) >= 11 is 6.12. The number of phenols is 1. The Labute approximate surface area is 190 Å². The molecule has 1 atom stereocenters. The third-order valence-corrected chi connectivity index (χ3v) is 5.77. The SMILES string of the molecule is CCOc1cc([C@H]2c3c(oc4ccc(Cl)cc4c3=O)C(=O)N2CCCN(C)C)ccc1O. The fraction of sp³-hybridized carbons (Fsp3) is 0.333. The number of hydrogen-bond donors (Lipinski definition) is 1. The van der Waals surface area contributed by atoms with Crippen molar-refractivity contribution in [2.45, 2.75) is 19.4 Å². The molecule has 0 saturated carbocycles. The van der Waals surface area contributed by atoms with E-state index in [2.05, 4.69) is 0 Å². The summed E-state index contributed by atoms with van der Waals surface area (Å²) < 4.78 is 11.5. The van der Waals surface area contributed by atoms with Crippen molar-refractivity contribution in [3.05, 3.63) is 68.5 Å². The molecule has 2 heterocycles. The average Bonchev–Trinajstić information content (AvgIpc) is 3.02. The predicted octanol–water partition coefficient (Wildman–Crippen LogP) is 4.05. The first-order valence-electron chi connectivity index (χ1n) is 10.5. The number of benzene rings is 2. The highest BCUT2D eigenvalue weighted by Crippen LogP contribution is 2.41. The van der Waals surface area contributed by atoms with Crippen LogP contribution in [0, 0.1) is 0 Å². The minimum Gasteiger partial charge on any atom is -0.504 e. The van der Waals surface area contributed by atoms with Gasteiger partial charge in [-0.15, -0.1) is 0 Å². The van der Waals surface area contributed by atoms with Gasteiger partial charge >= 0.3 is 0 Å². The number of aromatic hydroxyl groups is 1. The molecule has 0 unspecified atom stereocenters. The molecule has 3 aromatic rings. The molecular formula is C24H25ClN2O5. The Morgan fingerprint density at radius 2 is 1.97 bits per heavy atom. The summed E-state index contributed by atoms with van der Waals surface area (Å²) in [5.41, 5.74) is 0.976. The highest BCUT2D eigenvalue weighted by molar-refractivity contribution is 6.31. The highest BCUT2D eigenvalue weighted by atomic mass is 35.5. The second-order valence-corrected chi connectivity index (χ2v) is 8.47. The molecule has 7 nitrogen and oxygen atoms in total. The maximum atomic E-state index is 13.5. The van der Waals surface area contributed by atoms with Crippen LogP contribution in [-0.4, -0.2) is 54.6 Å². The first kappa shape index (κ1) is 22.2. The zero-order valence-electron chi connectivity index (χ0n) is 18.2. The van der Waals surface area contributed by atoms with Crippen LogP contribution in [0.5, 0.6) is 11.5 Å². The molecule has 0 aliphatic carbocycles. The van der Waals surface area contributed by atoms with Crippen molar-refractivity contribution in [3.63, 3.8) is 0 Å². The van der Waals surface area contributed by atoms with E-state index in [0.29, 0.717) is 40.5 Å². The van der Waals surface area contributed by atoms with Gasteiger partial charge in [0.15, 0.2) is 16.9 Å². The van der Waals surface area contributed by atoms with Gasteiger partial charge in [0.2, 0.25) is 5.76 Å². The number of hydrogen-bond acceptors (Lipinski definition) is 6. The summed E-state index contributed by atoms with van der Waals surface area (Å²) in [6, 6.07) is 9.02. The normalized spacial score (nSPS) is 15.6. The second kappa shape index (κ2) is 8.84. The summed E-state index contributed by atoms with van der Waals surface area (Å²) in [5, 5.41) is 10.9. The smallest absolute Gasteiger partial charge is 0.290 e. The van der Waals surface area contributed by atoms with E-state index in [1.54, 1.807) is 35.2 Å². The third-order valence-electron chi connectivity index (χ3n) is 5.53. The van der Waals surface area contributed by atoms with Crippen molar-refractivity contribution in [1.82, 2.24) is 9.80 Å². The standard InChI is InChI=1S/C24H25ClN2O5/c1-4-31-19-12-14(6-8-17(19)28)21-20-22(29)16-13-15(25)7-9-18(16)32-23(20)24(30)27(21)11-5-10-26(2)3/h6-9,12-13,21,28H,4-5,10-11H2,1-3H3/t21-/m0/s1. The molecule has 8 heteroatoms. The lowest BCUT2D eigenvalue weighted by Crippen LogP contribution is -2.32. The molecular weight excluding hydrogens is 432 g/mol. The number of ether oxygens (including phenoxy) is 1. The van der Waals surface area contributed by atoms with E-state index < -0.39 is 6.04 Å². The lowest BCUT2D eigenvalue weighted by Gasteiger charge is -2.26. The molecule has 168 valence electrons. The number of carbonyl (C=O) groups is 1. The van der Waals surface area contributed by atoms with E-state index in [-0.39, 0.29) is 28.4 Å². The van der Waals surface area contributed by atoms with Crippen LogP contribution >= 0.6 is 11.6 Å². The van der Waals surface area contributed by atoms with Gasteiger partial charge < -0.3 is 24.1 Å². The Morgan fingerprint density at radius 1 is 1.19 bits per heavy atom. The minimum absolute atomic E-state index is 0.00312. The van der Waals surface area contributed by atoms with Crippen LogP contribution < -0.4 is 10.2 Å². The Morgan fingerprint density at radius 3 is 2.69 bits per heavy atom. The number of fused-ring (bicyclic) bond motifs is 2. The van der Waals surface area contributed by atoms with E-state index in [1.807, 2.05) is 25.9 Å². The fourth-order valence-corrected chi connectivity index (χ4v) is 4.27. The maximum absolute atomic E-state index is 13.5. The quantitative estimate of drug-likeness (QED) is 0.577. The summed E-state index contributed by atoms with van der Waals surface area (Å²) in [6.07, 6.45) is 0.721. The zero-order chi connectivity index (χ0) is 23.0. The Bertz CT molecular complexity index is 1240. The highest BCUT2D eigenvalue weighted by Gasteiger charge is 2.42. The van der Waals surface area contributed by atoms with Gasteiger partial charge in [0.05, 0.1) is 23.6 Å². The first-order chi connectivity index (χ1) is 15.3. The Kier molecular flexibility index (Phi) is 6.13. The largest absolute Gasteiger partial charge is 0.504 e. The van der Waals surface area contributed by atoms with Crippen molar-refractivity contribution < 1.29 is 19.1 Å². The zero-order valence-corrected chi connectivity index (χ0v) is 19.0. The summed E-state index contributed by atoms with van der Waals surface area (Å²) in [6.45, 7) is 3.41. The fourth-order valence-electron chi connectivity index (χ4n) is 4.10. The van der Waals surface area contributed by atoms with Crippen molar-refractivity contribution in [3.8, 4) is 11.5 Å². The third kappa shape index (κ3) is 3.94. The molecule has 32 heavy (non-hydrogen) atoms. The van der Waals surface area contributed by atoms with Crippen LogP contribution in [0.4, 0.5) is 0 Å². The molecule has 1 aliphatic rings. The molecule has 0 radical (unpaired) electrons. The molecule has 1 amide bonds. The van der Waals surface area contributed by atoms with Crippen LogP contribution in [-0.2, 0) is 0 Å². The topological polar surface area (TPSA) is 83.2 Å². The van der Waals surface area contributed by atoms with E-state index in [4.69, 9.17) is 20.8 Å². The van der Waals surface area contributed by atoms with Gasteiger partial charge in [0, 0.05) is 11.6 Å². The molecule has 2 aromatic carbocycles. The number of phenolic OH excluding ortho intramolecular Hbond substituents is 1. The van der Waals surface area contributed by atoms with Gasteiger partial charge in [0.1, 0.15) is 5.58 Å². The van der Waals surface area contributed by atoms with Gasteiger partial charge in [-0.05, 0) is 69.9 Å². The Balaban J connectivity index is 1.89. The average molecular weight is 457 g/mol. The van der Waals surface area contributed by atoms with E-state index in [1.165, 1.54) is 6.07 Å². The molecule has 0 spiro atoms. The summed E-state index contributed by atoms with van der Waals surface area (Å²) in [7, 11) is 3.93. The first-order valence-corrected chi connectivity index (χ1v) is 10.9. The van der Waals surface area contributed by atoms with Crippen molar-refractivity contribution in [1.29, 1.82) is 0 Å². The van der Waals surface area contributed by atoms with Gasteiger partial charge in [-0.25, -0.2) is 0 Å². The van der Waals surface area contributed by atoms with E-state index in [0.717, 1.165) is 13.0 Å². The van der Waals surface area contributed by atoms with Crippen LogP contribution in [0.1, 0.15) is 41.1 Å². The van der Waals surface area contributed by atoms with Gasteiger partial charge in [-0.1, -0.05) is 17.7 Å². The van der Waals surface area contributed by atoms with Crippen molar-refractivity contribution >= 4 is 28.5 Å². The van der Waals surface area contributed by atoms with Crippen LogP contribution in [0.3, 0.4) is 0 Å². The molecule has 1 aliphatic heterocycles. The van der Waals surface area contributed by atoms with Crippen LogP contribution in [0.15, 0.2) is 45.6 Å². The molecule has 1 N–H and O–H groups in total. The number of rotatable bonds is 7. The lowest BCUT2D eigenvalue weighted by molar-refractivity contribution is 0.0722. The van der Waals surface area contributed by atoms with Crippen molar-refractivity contribution in [2.75, 3.05) is 33.8 Å². The van der Waals surface area contributed by atoms with Gasteiger partial charge in [-0.3, -0.25) is 9.59 Å². The molecule has 0 saturated heterocycles. The lowest BCUT2D eigenvalue weighted by atomic mass is 9.98. The monoisotopic (exact) mass is 456 g/mol. The second-order valence-electron chi connectivity index (χ2n) is 8.03. The van der Waals surface area contributed by atoms with E-state index in [9.17, 15) is 14.7 Å². The molecule has 4 rings (SSSR count). The van der Waals surface area contributed by atoms with Crippen molar-refractivity contribution in [2.24, 2.45) is 0 Å². The number of carbonyl (C=O) groups excluding carboxylic acids is 1. The number of amides is 1. The number of nitrogens with zero attached hydrogens (tertiary/aromatic N) is 2. The molecule has 0 fully saturated rings. The van der Waals surface area contributed by atoms with Crippen LogP contribution in [0.25, 0.3) is 11.0 Å². The summed E-state index contributed by atoms with van der Waals surface area (Å²) in [5.74, 6) is 0.0124.